The van der Waals surface area contributed by atoms with Crippen LogP contribution in [0.3, 0.4) is 0 Å². The molecule has 6 nitrogen and oxygen atoms in total. The molecule has 25 heavy (non-hydrogen) atoms. The molecule has 0 bridgehead atoms. The van der Waals surface area contributed by atoms with Gasteiger partial charge in [0.1, 0.15) is 0 Å². The number of sulfonamides is 1. The van der Waals surface area contributed by atoms with Crippen LogP contribution in [0.1, 0.15) is 26.7 Å². The van der Waals surface area contributed by atoms with Crippen LogP contribution in [0.5, 0.6) is 0 Å². The van der Waals surface area contributed by atoms with Crippen LogP contribution in [0.2, 0.25) is 0 Å². The van der Waals surface area contributed by atoms with Gasteiger partial charge in [-0.2, -0.15) is 0 Å². The monoisotopic (exact) mass is 361 g/mol. The summed E-state index contributed by atoms with van der Waals surface area (Å²) in [6.07, 6.45) is 1.36. The first-order valence-corrected chi connectivity index (χ1v) is 9.51. The fourth-order valence-corrected chi connectivity index (χ4v) is 3.40. The summed E-state index contributed by atoms with van der Waals surface area (Å²) in [5, 5.41) is 2.72. The fraction of sp³-hybridized carbons (Fsp3) is 0.278. The summed E-state index contributed by atoms with van der Waals surface area (Å²) in [6.45, 7) is 3.63. The Kier molecular flexibility index (Phi) is 5.81. The summed E-state index contributed by atoms with van der Waals surface area (Å²) in [5.74, 6) is -0.299. The number of hydrogen-bond acceptors (Lipinski definition) is 4. The third-order valence-corrected chi connectivity index (χ3v) is 5.13. The Morgan fingerprint density at radius 1 is 1.04 bits per heavy atom. The molecule has 4 N–H and O–H groups in total. The molecule has 7 heteroatoms. The van der Waals surface area contributed by atoms with E-state index in [2.05, 4.69) is 10.0 Å². The molecule has 1 amide bonds. The molecular weight excluding hydrogens is 338 g/mol. The molecule has 0 heterocycles. The van der Waals surface area contributed by atoms with Gasteiger partial charge in [0.25, 0.3) is 10.0 Å². The highest BCUT2D eigenvalue weighted by Gasteiger charge is 2.27. The molecule has 0 aliphatic carbocycles. The molecule has 2 aromatic rings. The van der Waals surface area contributed by atoms with Gasteiger partial charge in [0, 0.05) is 11.4 Å². The summed E-state index contributed by atoms with van der Waals surface area (Å²) < 4.78 is 27.2. The number of hydrogen-bond donors (Lipinski definition) is 3. The highest BCUT2D eigenvalue weighted by atomic mass is 32.2. The van der Waals surface area contributed by atoms with E-state index in [9.17, 15) is 13.2 Å². The Balaban J connectivity index is 2.10. The maximum atomic E-state index is 12.4. The van der Waals surface area contributed by atoms with Gasteiger partial charge in [-0.25, -0.2) is 8.42 Å². The SMILES string of the molecule is CCCC(C)(N)C(=O)Nc1ccc(S(=O)(=O)Nc2ccccc2)cc1. The fourth-order valence-electron chi connectivity index (χ4n) is 2.34. The lowest BCUT2D eigenvalue weighted by Crippen LogP contribution is -2.48. The van der Waals surface area contributed by atoms with Crippen LogP contribution in [0.25, 0.3) is 0 Å². The van der Waals surface area contributed by atoms with E-state index in [1.165, 1.54) is 12.1 Å². The first-order valence-electron chi connectivity index (χ1n) is 8.03. The topological polar surface area (TPSA) is 101 Å². The minimum Gasteiger partial charge on any atom is -0.325 e. The Bertz CT molecular complexity index is 816. The lowest BCUT2D eigenvalue weighted by molar-refractivity contribution is -0.120. The molecule has 0 aromatic heterocycles. The average Bonchev–Trinajstić information content (AvgIpc) is 2.56. The average molecular weight is 361 g/mol. The lowest BCUT2D eigenvalue weighted by Gasteiger charge is -2.22. The number of rotatable bonds is 7. The van der Waals surface area contributed by atoms with Crippen molar-refractivity contribution in [3.05, 3.63) is 54.6 Å². The molecule has 134 valence electrons. The van der Waals surface area contributed by atoms with E-state index in [0.29, 0.717) is 17.8 Å². The third-order valence-electron chi connectivity index (χ3n) is 3.74. The van der Waals surface area contributed by atoms with E-state index < -0.39 is 15.6 Å². The maximum absolute atomic E-state index is 12.4. The van der Waals surface area contributed by atoms with Crippen molar-refractivity contribution in [2.75, 3.05) is 10.0 Å². The van der Waals surface area contributed by atoms with E-state index in [-0.39, 0.29) is 10.8 Å². The highest BCUT2D eigenvalue weighted by Crippen LogP contribution is 2.19. The zero-order chi connectivity index (χ0) is 18.5. The van der Waals surface area contributed by atoms with Crippen molar-refractivity contribution in [1.82, 2.24) is 0 Å². The van der Waals surface area contributed by atoms with Crippen LogP contribution in [-0.2, 0) is 14.8 Å². The zero-order valence-corrected chi connectivity index (χ0v) is 15.1. The molecule has 0 radical (unpaired) electrons. The predicted octanol–water partition coefficient (Wildman–Crippen LogP) is 2.94. The Morgan fingerprint density at radius 3 is 2.20 bits per heavy atom. The Hall–Kier alpha value is -2.38. The van der Waals surface area contributed by atoms with Gasteiger partial charge in [0.15, 0.2) is 0 Å². The third kappa shape index (κ3) is 5.04. The molecule has 0 aliphatic heterocycles. The van der Waals surface area contributed by atoms with Crippen LogP contribution < -0.4 is 15.8 Å². The number of para-hydroxylation sites is 1. The van der Waals surface area contributed by atoms with Crippen molar-refractivity contribution in [3.63, 3.8) is 0 Å². The van der Waals surface area contributed by atoms with Gasteiger partial charge in [-0.05, 0) is 49.7 Å². The number of anilines is 2. The summed E-state index contributed by atoms with van der Waals surface area (Å²) in [5.41, 5.74) is 6.00. The second-order valence-corrected chi connectivity index (χ2v) is 7.80. The van der Waals surface area contributed by atoms with E-state index in [1.807, 2.05) is 6.92 Å². The molecule has 0 aliphatic rings. The van der Waals surface area contributed by atoms with E-state index in [1.54, 1.807) is 49.4 Å². The summed E-state index contributed by atoms with van der Waals surface area (Å²) >= 11 is 0. The van der Waals surface area contributed by atoms with Crippen LogP contribution in [0.4, 0.5) is 11.4 Å². The number of carbonyl (C=O) groups excluding carboxylic acids is 1. The highest BCUT2D eigenvalue weighted by molar-refractivity contribution is 7.92. The Labute approximate surface area is 148 Å². The lowest BCUT2D eigenvalue weighted by atomic mass is 9.96. The first kappa shape index (κ1) is 19.0. The normalized spacial score (nSPS) is 13.7. The number of carbonyl (C=O) groups is 1. The van der Waals surface area contributed by atoms with Gasteiger partial charge in [-0.1, -0.05) is 31.5 Å². The number of amides is 1. The molecular formula is C18H23N3O3S. The predicted molar refractivity (Wildman–Crippen MR) is 99.8 cm³/mol. The quantitative estimate of drug-likeness (QED) is 0.705. The minimum absolute atomic E-state index is 0.110. The van der Waals surface area contributed by atoms with Crippen molar-refractivity contribution in [1.29, 1.82) is 0 Å². The molecule has 0 spiro atoms. The van der Waals surface area contributed by atoms with Gasteiger partial charge < -0.3 is 11.1 Å². The minimum atomic E-state index is -3.68. The van der Waals surface area contributed by atoms with Crippen LogP contribution in [0.15, 0.2) is 59.5 Å². The molecule has 0 saturated carbocycles. The van der Waals surface area contributed by atoms with Crippen molar-refractivity contribution in [2.24, 2.45) is 5.73 Å². The second kappa shape index (κ2) is 7.67. The van der Waals surface area contributed by atoms with Crippen LogP contribution in [-0.4, -0.2) is 19.9 Å². The zero-order valence-electron chi connectivity index (χ0n) is 14.3. The largest absolute Gasteiger partial charge is 0.325 e. The second-order valence-electron chi connectivity index (χ2n) is 6.12. The summed E-state index contributed by atoms with van der Waals surface area (Å²) in [4.78, 5) is 12.3. The summed E-state index contributed by atoms with van der Waals surface area (Å²) in [7, 11) is -3.68. The number of nitrogens with one attached hydrogen (secondary N) is 2. The molecule has 1 unspecified atom stereocenters. The van der Waals surface area contributed by atoms with Gasteiger partial charge in [0.2, 0.25) is 5.91 Å². The van der Waals surface area contributed by atoms with E-state index in [4.69, 9.17) is 5.73 Å². The standard InChI is InChI=1S/C18H23N3O3S/c1-3-13-18(2,19)17(22)20-14-9-11-16(12-10-14)25(23,24)21-15-7-5-4-6-8-15/h4-12,21H,3,13,19H2,1-2H3,(H,20,22). The van der Waals surface area contributed by atoms with Gasteiger partial charge in [0.05, 0.1) is 10.4 Å². The van der Waals surface area contributed by atoms with Crippen LogP contribution >= 0.6 is 0 Å². The van der Waals surface area contributed by atoms with Gasteiger partial charge in [-0.3, -0.25) is 9.52 Å². The van der Waals surface area contributed by atoms with Crippen molar-refractivity contribution in [2.45, 2.75) is 37.1 Å². The van der Waals surface area contributed by atoms with Crippen molar-refractivity contribution < 1.29 is 13.2 Å². The van der Waals surface area contributed by atoms with E-state index >= 15 is 0 Å². The molecule has 2 aromatic carbocycles. The smallest absolute Gasteiger partial charge is 0.261 e. The summed E-state index contributed by atoms with van der Waals surface area (Å²) in [6, 6.07) is 14.6. The van der Waals surface area contributed by atoms with E-state index in [0.717, 1.165) is 6.42 Å². The molecule has 2 rings (SSSR count). The molecule has 1 atom stereocenters. The molecule has 0 saturated heterocycles. The van der Waals surface area contributed by atoms with Crippen LogP contribution in [0, 0.1) is 0 Å². The Morgan fingerprint density at radius 2 is 1.64 bits per heavy atom. The number of benzene rings is 2. The maximum Gasteiger partial charge on any atom is 0.261 e. The van der Waals surface area contributed by atoms with Gasteiger partial charge >= 0.3 is 0 Å². The van der Waals surface area contributed by atoms with Gasteiger partial charge in [-0.15, -0.1) is 0 Å². The number of nitrogens with two attached hydrogens (primary N) is 1. The molecule has 0 fully saturated rings. The van der Waals surface area contributed by atoms with Crippen molar-refractivity contribution >= 4 is 27.3 Å². The first-order chi connectivity index (χ1) is 11.7. The van der Waals surface area contributed by atoms with Crippen molar-refractivity contribution in [3.8, 4) is 0 Å².